The third-order valence-corrected chi connectivity index (χ3v) is 9.69. The van der Waals surface area contributed by atoms with Crippen molar-refractivity contribution in [1.29, 1.82) is 0 Å². The van der Waals surface area contributed by atoms with Gasteiger partial charge in [0.05, 0.1) is 33.4 Å². The van der Waals surface area contributed by atoms with Crippen LogP contribution in [0.2, 0.25) is 0 Å². The number of fused-ring (bicyclic) bond motifs is 3. The minimum atomic E-state index is -0.187. The van der Waals surface area contributed by atoms with E-state index in [0.717, 1.165) is 78.8 Å². The predicted molar refractivity (Wildman–Crippen MR) is 208 cm³/mol. The Bertz CT molecular complexity index is 2540. The van der Waals surface area contributed by atoms with Crippen LogP contribution in [0.1, 0.15) is 11.7 Å². The Morgan fingerprint density at radius 2 is 0.882 bits per heavy atom. The fourth-order valence-corrected chi connectivity index (χ4v) is 7.45. The van der Waals surface area contributed by atoms with E-state index in [1.165, 1.54) is 0 Å². The van der Waals surface area contributed by atoms with E-state index in [9.17, 15) is 0 Å². The number of para-hydroxylation sites is 9. The van der Waals surface area contributed by atoms with Crippen molar-refractivity contribution in [3.05, 3.63) is 188 Å². The molecule has 0 radical (unpaired) electrons. The molecule has 6 heteroatoms. The van der Waals surface area contributed by atoms with Crippen molar-refractivity contribution in [3.63, 3.8) is 0 Å². The molecule has 0 spiro atoms. The van der Waals surface area contributed by atoms with Crippen LogP contribution in [0.3, 0.4) is 0 Å². The molecule has 1 unspecified atom stereocenters. The number of aromatic nitrogens is 4. The summed E-state index contributed by atoms with van der Waals surface area (Å²) < 4.78 is 4.54. The molecule has 0 fully saturated rings. The molecule has 0 amide bonds. The summed E-state index contributed by atoms with van der Waals surface area (Å²) in [4.78, 5) is 13.0. The molecule has 1 N–H and O–H groups in total. The lowest BCUT2D eigenvalue weighted by atomic mass is 10.0. The first-order valence-corrected chi connectivity index (χ1v) is 17.2. The molecule has 0 saturated heterocycles. The van der Waals surface area contributed by atoms with Crippen LogP contribution in [0.25, 0.3) is 56.2 Å². The van der Waals surface area contributed by atoms with E-state index in [1.807, 2.05) is 0 Å². The fraction of sp³-hybridized carbons (Fsp3) is 0.0222. The van der Waals surface area contributed by atoms with Crippen molar-refractivity contribution >= 4 is 39.1 Å². The Hall–Kier alpha value is -6.92. The van der Waals surface area contributed by atoms with Crippen LogP contribution in [-0.4, -0.2) is 19.1 Å². The number of hydrogen-bond acceptors (Lipinski definition) is 4. The monoisotopic (exact) mass is 656 g/mol. The Balaban J connectivity index is 1.26. The van der Waals surface area contributed by atoms with Crippen LogP contribution in [0.15, 0.2) is 182 Å². The number of benzene rings is 7. The van der Waals surface area contributed by atoms with E-state index >= 15 is 0 Å². The van der Waals surface area contributed by atoms with Gasteiger partial charge in [-0.3, -0.25) is 9.13 Å². The third-order valence-electron chi connectivity index (χ3n) is 9.69. The highest BCUT2D eigenvalue weighted by Crippen LogP contribution is 2.47. The Kier molecular flexibility index (Phi) is 6.77. The summed E-state index contributed by atoms with van der Waals surface area (Å²) in [7, 11) is 0. The van der Waals surface area contributed by atoms with Crippen LogP contribution in [0.5, 0.6) is 0 Å². The number of nitrogens with one attached hydrogen (secondary N) is 1. The largest absolute Gasteiger partial charge is 0.359 e. The quantitative estimate of drug-likeness (QED) is 0.194. The average Bonchev–Trinajstić information content (AvgIpc) is 3.91. The third kappa shape index (κ3) is 4.88. The van der Waals surface area contributed by atoms with Gasteiger partial charge in [0, 0.05) is 28.2 Å². The van der Waals surface area contributed by atoms with Crippen molar-refractivity contribution < 1.29 is 0 Å². The molecule has 1 aliphatic heterocycles. The van der Waals surface area contributed by atoms with Crippen LogP contribution in [0, 0.1) is 0 Å². The molecule has 51 heavy (non-hydrogen) atoms. The van der Waals surface area contributed by atoms with Gasteiger partial charge >= 0.3 is 0 Å². The minimum absolute atomic E-state index is 0.187. The SMILES string of the molecule is c1ccc(N2c3ccccc3NC2c2cc(-c3nc4ccccc4n3-c3ccccc3)cc(-c3nc4ccccc4n3-c3ccccc3)c2)cc1. The molecule has 0 bridgehead atoms. The normalized spacial score (nSPS) is 13.8. The zero-order valence-electron chi connectivity index (χ0n) is 27.6. The summed E-state index contributed by atoms with van der Waals surface area (Å²) in [6.07, 6.45) is -0.187. The molecule has 6 nitrogen and oxygen atoms in total. The highest BCUT2D eigenvalue weighted by molar-refractivity contribution is 5.88. The number of rotatable bonds is 6. The van der Waals surface area contributed by atoms with Gasteiger partial charge in [0.25, 0.3) is 0 Å². The highest BCUT2D eigenvalue weighted by atomic mass is 15.3. The molecule has 1 atom stereocenters. The second kappa shape index (κ2) is 11.9. The minimum Gasteiger partial charge on any atom is -0.359 e. The molecule has 0 aliphatic carbocycles. The molecular formula is C45H32N6. The predicted octanol–water partition coefficient (Wildman–Crippen LogP) is 11.0. The summed E-state index contributed by atoms with van der Waals surface area (Å²) in [5.41, 5.74) is 12.5. The zero-order chi connectivity index (χ0) is 33.7. The van der Waals surface area contributed by atoms with Gasteiger partial charge < -0.3 is 10.2 Å². The van der Waals surface area contributed by atoms with E-state index in [-0.39, 0.29) is 6.17 Å². The first kappa shape index (κ1) is 29.0. The maximum Gasteiger partial charge on any atom is 0.145 e. The lowest BCUT2D eigenvalue weighted by Crippen LogP contribution is -2.23. The van der Waals surface area contributed by atoms with E-state index in [0.29, 0.717) is 0 Å². The molecule has 242 valence electrons. The molecular weight excluding hydrogens is 625 g/mol. The molecule has 10 rings (SSSR count). The lowest BCUT2D eigenvalue weighted by molar-refractivity contribution is 0.828. The topological polar surface area (TPSA) is 50.9 Å². The van der Waals surface area contributed by atoms with Gasteiger partial charge in [0.1, 0.15) is 17.8 Å². The summed E-state index contributed by atoms with van der Waals surface area (Å²) in [6, 6.07) is 63.7. The molecule has 9 aromatic rings. The lowest BCUT2D eigenvalue weighted by Gasteiger charge is -2.28. The standard InChI is InChI=1S/C45H32N6/c1-4-16-34(17-5-1)49-40-25-13-10-22-37(40)46-43(49)31-28-32(44-47-38-23-11-14-26-41(38)50(44)35-18-6-2-7-19-35)30-33(29-31)45-48-39-24-12-15-27-42(39)51(45)36-20-8-3-9-21-36/h1-30,43,46H. The number of anilines is 3. The van der Waals surface area contributed by atoms with Crippen LogP contribution < -0.4 is 10.2 Å². The molecule has 2 aromatic heterocycles. The molecule has 3 heterocycles. The van der Waals surface area contributed by atoms with Crippen molar-refractivity contribution in [3.8, 4) is 34.2 Å². The summed E-state index contributed by atoms with van der Waals surface area (Å²) in [5, 5.41) is 3.87. The molecule has 7 aromatic carbocycles. The fourth-order valence-electron chi connectivity index (χ4n) is 7.45. The second-order valence-corrected chi connectivity index (χ2v) is 12.8. The Morgan fingerprint density at radius 3 is 1.43 bits per heavy atom. The Morgan fingerprint density at radius 1 is 0.431 bits per heavy atom. The van der Waals surface area contributed by atoms with Gasteiger partial charge in [-0.1, -0.05) is 91.0 Å². The molecule has 1 aliphatic rings. The van der Waals surface area contributed by atoms with Crippen molar-refractivity contribution in [2.24, 2.45) is 0 Å². The highest BCUT2D eigenvalue weighted by Gasteiger charge is 2.32. The van der Waals surface area contributed by atoms with Gasteiger partial charge in [-0.05, 0) is 96.6 Å². The number of hydrogen-bond donors (Lipinski definition) is 1. The summed E-state index contributed by atoms with van der Waals surface area (Å²) in [5.74, 6) is 1.74. The first-order chi connectivity index (χ1) is 25.3. The van der Waals surface area contributed by atoms with Gasteiger partial charge in [-0.25, -0.2) is 9.97 Å². The Labute approximate surface area is 295 Å². The molecule has 0 saturated carbocycles. The van der Waals surface area contributed by atoms with Crippen molar-refractivity contribution in [2.45, 2.75) is 6.17 Å². The number of nitrogens with zero attached hydrogens (tertiary/aromatic N) is 5. The van der Waals surface area contributed by atoms with Crippen LogP contribution >= 0.6 is 0 Å². The maximum absolute atomic E-state index is 5.30. The average molecular weight is 657 g/mol. The van der Waals surface area contributed by atoms with Crippen molar-refractivity contribution in [1.82, 2.24) is 19.1 Å². The number of imidazole rings is 2. The van der Waals surface area contributed by atoms with Gasteiger partial charge in [-0.2, -0.15) is 0 Å². The van der Waals surface area contributed by atoms with E-state index < -0.39 is 0 Å². The van der Waals surface area contributed by atoms with Gasteiger partial charge in [0.15, 0.2) is 0 Å². The van der Waals surface area contributed by atoms with Gasteiger partial charge in [-0.15, -0.1) is 0 Å². The van der Waals surface area contributed by atoms with Crippen LogP contribution in [0.4, 0.5) is 17.1 Å². The van der Waals surface area contributed by atoms with Gasteiger partial charge in [0.2, 0.25) is 0 Å². The van der Waals surface area contributed by atoms with E-state index in [1.54, 1.807) is 0 Å². The second-order valence-electron chi connectivity index (χ2n) is 12.8. The smallest absolute Gasteiger partial charge is 0.145 e. The first-order valence-electron chi connectivity index (χ1n) is 17.2. The van der Waals surface area contributed by atoms with E-state index in [2.05, 4.69) is 201 Å². The summed E-state index contributed by atoms with van der Waals surface area (Å²) in [6.45, 7) is 0. The van der Waals surface area contributed by atoms with E-state index in [4.69, 9.17) is 9.97 Å². The zero-order valence-corrected chi connectivity index (χ0v) is 27.6. The van der Waals surface area contributed by atoms with Crippen molar-refractivity contribution in [2.75, 3.05) is 10.2 Å². The van der Waals surface area contributed by atoms with Crippen LogP contribution in [-0.2, 0) is 0 Å². The maximum atomic E-state index is 5.30. The summed E-state index contributed by atoms with van der Waals surface area (Å²) >= 11 is 0.